The van der Waals surface area contributed by atoms with Crippen molar-refractivity contribution in [3.63, 3.8) is 0 Å². The average molecular weight is 201 g/mol. The van der Waals surface area contributed by atoms with E-state index in [4.69, 9.17) is 9.90 Å². The summed E-state index contributed by atoms with van der Waals surface area (Å²) in [7, 11) is 0. The van der Waals surface area contributed by atoms with E-state index in [-0.39, 0.29) is 5.91 Å². The molecule has 0 spiro atoms. The van der Waals surface area contributed by atoms with Crippen molar-refractivity contribution in [2.45, 2.75) is 27.7 Å². The van der Waals surface area contributed by atoms with Crippen molar-refractivity contribution in [3.05, 3.63) is 12.2 Å². The Bertz CT molecular complexity index is 203. The van der Waals surface area contributed by atoms with Gasteiger partial charge in [0.25, 0.3) is 5.97 Å². The molecule has 0 rings (SSSR count). The van der Waals surface area contributed by atoms with Gasteiger partial charge in [0.15, 0.2) is 0 Å². The fraction of sp³-hybridized carbons (Fsp3) is 0.600. The van der Waals surface area contributed by atoms with Crippen LogP contribution in [0, 0.1) is 0 Å². The van der Waals surface area contributed by atoms with Crippen LogP contribution in [0.1, 0.15) is 27.7 Å². The normalized spacial score (nSPS) is 8.29. The molecule has 0 saturated carbocycles. The molecule has 0 aromatic carbocycles. The zero-order valence-electron chi connectivity index (χ0n) is 9.33. The topological polar surface area (TPSA) is 57.6 Å². The molecule has 0 aliphatic carbocycles. The van der Waals surface area contributed by atoms with Crippen LogP contribution in [0.15, 0.2) is 12.2 Å². The van der Waals surface area contributed by atoms with Gasteiger partial charge in [0.1, 0.15) is 0 Å². The molecular weight excluding hydrogens is 182 g/mol. The van der Waals surface area contributed by atoms with Crippen LogP contribution < -0.4 is 0 Å². The smallest absolute Gasteiger partial charge is 0.300 e. The standard InChI is InChI=1S/C8H15NO.C2H4O2/c1-5-9(6-2)8(10)7(3)4;1-2(3)4/h3,5-6H2,1-2,4H3;1H3,(H,3,4). The van der Waals surface area contributed by atoms with E-state index in [0.717, 1.165) is 20.0 Å². The lowest BCUT2D eigenvalue weighted by atomic mass is 10.3. The minimum atomic E-state index is -0.833. The van der Waals surface area contributed by atoms with Gasteiger partial charge in [-0.3, -0.25) is 9.59 Å². The molecule has 0 fully saturated rings. The fourth-order valence-corrected chi connectivity index (χ4v) is 0.781. The maximum atomic E-state index is 11.1. The van der Waals surface area contributed by atoms with E-state index < -0.39 is 5.97 Å². The molecule has 4 heteroatoms. The van der Waals surface area contributed by atoms with Gasteiger partial charge in [-0.2, -0.15) is 0 Å². The molecule has 14 heavy (non-hydrogen) atoms. The Balaban J connectivity index is 0. The number of carbonyl (C=O) groups excluding carboxylic acids is 1. The van der Waals surface area contributed by atoms with Gasteiger partial charge in [-0.1, -0.05) is 6.58 Å². The predicted molar refractivity (Wildman–Crippen MR) is 56.1 cm³/mol. The molecule has 1 amide bonds. The van der Waals surface area contributed by atoms with Crippen molar-refractivity contribution in [2.24, 2.45) is 0 Å². The zero-order chi connectivity index (χ0) is 11.7. The summed E-state index contributed by atoms with van der Waals surface area (Å²) in [5.74, 6) is -0.773. The molecule has 0 aliphatic heterocycles. The first-order chi connectivity index (χ1) is 6.36. The average Bonchev–Trinajstić information content (AvgIpc) is 2.05. The quantitative estimate of drug-likeness (QED) is 0.704. The Morgan fingerprint density at radius 3 is 1.57 bits per heavy atom. The maximum absolute atomic E-state index is 11.1. The highest BCUT2D eigenvalue weighted by atomic mass is 16.4. The summed E-state index contributed by atoms with van der Waals surface area (Å²) in [5, 5.41) is 7.42. The molecule has 4 nitrogen and oxygen atoms in total. The van der Waals surface area contributed by atoms with Gasteiger partial charge in [-0.15, -0.1) is 0 Å². The lowest BCUT2D eigenvalue weighted by Gasteiger charge is -2.17. The number of amides is 1. The molecule has 0 heterocycles. The summed E-state index contributed by atoms with van der Waals surface area (Å²) < 4.78 is 0. The van der Waals surface area contributed by atoms with E-state index in [2.05, 4.69) is 6.58 Å². The van der Waals surface area contributed by atoms with Crippen LogP contribution in [0.5, 0.6) is 0 Å². The number of carboxylic acid groups (broad SMARTS) is 1. The molecule has 0 aromatic heterocycles. The van der Waals surface area contributed by atoms with Gasteiger partial charge in [0.05, 0.1) is 0 Å². The molecule has 82 valence electrons. The van der Waals surface area contributed by atoms with Crippen LogP contribution in [0.25, 0.3) is 0 Å². The van der Waals surface area contributed by atoms with Gasteiger partial charge < -0.3 is 10.0 Å². The van der Waals surface area contributed by atoms with E-state index in [1.807, 2.05) is 13.8 Å². The van der Waals surface area contributed by atoms with Gasteiger partial charge in [0, 0.05) is 25.6 Å². The highest BCUT2D eigenvalue weighted by molar-refractivity contribution is 5.92. The lowest BCUT2D eigenvalue weighted by molar-refractivity contribution is -0.134. The Labute approximate surface area is 85.2 Å². The Hall–Kier alpha value is -1.32. The van der Waals surface area contributed by atoms with E-state index in [0.29, 0.717) is 5.57 Å². The molecule has 0 bridgehead atoms. The van der Waals surface area contributed by atoms with Gasteiger partial charge in [0.2, 0.25) is 5.91 Å². The second kappa shape index (κ2) is 8.29. The summed E-state index contributed by atoms with van der Waals surface area (Å²) in [5.41, 5.74) is 0.615. The van der Waals surface area contributed by atoms with Gasteiger partial charge in [-0.25, -0.2) is 0 Å². The Morgan fingerprint density at radius 1 is 1.21 bits per heavy atom. The summed E-state index contributed by atoms with van der Waals surface area (Å²) in [6.07, 6.45) is 0. The minimum absolute atomic E-state index is 0.0602. The first kappa shape index (κ1) is 15.2. The summed E-state index contributed by atoms with van der Waals surface area (Å²) in [6.45, 7) is 11.9. The third kappa shape index (κ3) is 8.77. The van der Waals surface area contributed by atoms with Crippen LogP contribution >= 0.6 is 0 Å². The second-order valence-corrected chi connectivity index (χ2v) is 2.78. The third-order valence-corrected chi connectivity index (χ3v) is 1.42. The Kier molecular flexibility index (Phi) is 8.98. The first-order valence-electron chi connectivity index (χ1n) is 4.51. The van der Waals surface area contributed by atoms with Crippen LogP contribution in [-0.4, -0.2) is 35.0 Å². The van der Waals surface area contributed by atoms with Crippen molar-refractivity contribution in [1.29, 1.82) is 0 Å². The van der Waals surface area contributed by atoms with E-state index in [9.17, 15) is 4.79 Å². The molecule has 0 atom stereocenters. The van der Waals surface area contributed by atoms with Gasteiger partial charge >= 0.3 is 0 Å². The van der Waals surface area contributed by atoms with Crippen LogP contribution in [-0.2, 0) is 9.59 Å². The highest BCUT2D eigenvalue weighted by Gasteiger charge is 2.08. The van der Waals surface area contributed by atoms with Crippen molar-refractivity contribution in [1.82, 2.24) is 4.90 Å². The molecule has 0 saturated heterocycles. The SMILES string of the molecule is C=C(C)C(=O)N(CC)CC.CC(=O)O. The summed E-state index contributed by atoms with van der Waals surface area (Å²) in [4.78, 5) is 21.9. The second-order valence-electron chi connectivity index (χ2n) is 2.78. The molecule has 1 N–H and O–H groups in total. The first-order valence-corrected chi connectivity index (χ1v) is 4.51. The monoisotopic (exact) mass is 201 g/mol. The number of rotatable bonds is 3. The summed E-state index contributed by atoms with van der Waals surface area (Å²) >= 11 is 0. The van der Waals surface area contributed by atoms with Crippen molar-refractivity contribution in [3.8, 4) is 0 Å². The zero-order valence-corrected chi connectivity index (χ0v) is 9.33. The third-order valence-electron chi connectivity index (χ3n) is 1.42. The number of nitrogens with zero attached hydrogens (tertiary/aromatic N) is 1. The lowest BCUT2D eigenvalue weighted by Crippen LogP contribution is -2.30. The molecule has 0 aromatic rings. The number of carbonyl (C=O) groups is 2. The molecule has 0 unspecified atom stereocenters. The number of carboxylic acids is 1. The van der Waals surface area contributed by atoms with E-state index in [1.54, 1.807) is 11.8 Å². The van der Waals surface area contributed by atoms with Gasteiger partial charge in [-0.05, 0) is 20.8 Å². The highest BCUT2D eigenvalue weighted by Crippen LogP contribution is 1.96. The molecule has 0 radical (unpaired) electrons. The van der Waals surface area contributed by atoms with Crippen molar-refractivity contribution >= 4 is 11.9 Å². The largest absolute Gasteiger partial charge is 0.481 e. The number of aliphatic carboxylic acids is 1. The van der Waals surface area contributed by atoms with Crippen molar-refractivity contribution in [2.75, 3.05) is 13.1 Å². The maximum Gasteiger partial charge on any atom is 0.300 e. The predicted octanol–water partition coefficient (Wildman–Crippen LogP) is 1.52. The minimum Gasteiger partial charge on any atom is -0.481 e. The summed E-state index contributed by atoms with van der Waals surface area (Å²) in [6, 6.07) is 0. The fourth-order valence-electron chi connectivity index (χ4n) is 0.781. The number of likely N-dealkylation sites (N-methyl/N-ethyl adjacent to an activating group) is 1. The molecule has 0 aliphatic rings. The number of hydrogen-bond donors (Lipinski definition) is 1. The van der Waals surface area contributed by atoms with E-state index in [1.165, 1.54) is 0 Å². The van der Waals surface area contributed by atoms with Crippen LogP contribution in [0.2, 0.25) is 0 Å². The molecular formula is C10H19NO3. The van der Waals surface area contributed by atoms with E-state index >= 15 is 0 Å². The van der Waals surface area contributed by atoms with Crippen molar-refractivity contribution < 1.29 is 14.7 Å². The van der Waals surface area contributed by atoms with Crippen LogP contribution in [0.4, 0.5) is 0 Å². The van der Waals surface area contributed by atoms with Crippen LogP contribution in [0.3, 0.4) is 0 Å². The number of hydrogen-bond acceptors (Lipinski definition) is 2. The Morgan fingerprint density at radius 2 is 1.50 bits per heavy atom.